The second kappa shape index (κ2) is 9.23. The molecule has 29 heavy (non-hydrogen) atoms. The van der Waals surface area contributed by atoms with E-state index < -0.39 is 0 Å². The summed E-state index contributed by atoms with van der Waals surface area (Å²) in [6.07, 6.45) is 0. The first-order valence-corrected chi connectivity index (χ1v) is 10.1. The molecule has 0 spiro atoms. The molecule has 4 nitrogen and oxygen atoms in total. The minimum Gasteiger partial charge on any atom is -0.307 e. The predicted octanol–water partition coefficient (Wildman–Crippen LogP) is 5.59. The van der Waals surface area contributed by atoms with E-state index in [2.05, 4.69) is 17.4 Å². The fourth-order valence-corrected chi connectivity index (χ4v) is 3.66. The van der Waals surface area contributed by atoms with Crippen LogP contribution in [-0.4, -0.2) is 15.0 Å². The molecule has 6 heteroatoms. The van der Waals surface area contributed by atoms with Gasteiger partial charge in [-0.3, -0.25) is 0 Å². The van der Waals surface area contributed by atoms with Gasteiger partial charge in [0.2, 0.25) is 0 Å². The van der Waals surface area contributed by atoms with Gasteiger partial charge < -0.3 is 5.32 Å². The summed E-state index contributed by atoms with van der Waals surface area (Å²) in [5, 5.41) is 14.1. The molecule has 3 aromatic carbocycles. The normalized spacial score (nSPS) is 11.0. The molecule has 0 bridgehead atoms. The van der Waals surface area contributed by atoms with E-state index in [1.807, 2.05) is 66.7 Å². The van der Waals surface area contributed by atoms with Crippen molar-refractivity contribution in [2.24, 2.45) is 0 Å². The summed E-state index contributed by atoms with van der Waals surface area (Å²) >= 11 is 12.7. The number of hydrogen-bond donors (Lipinski definition) is 1. The van der Waals surface area contributed by atoms with E-state index in [-0.39, 0.29) is 0 Å². The van der Waals surface area contributed by atoms with E-state index in [0.717, 1.165) is 29.1 Å². The van der Waals surface area contributed by atoms with Crippen molar-refractivity contribution in [2.75, 3.05) is 0 Å². The van der Waals surface area contributed by atoms with Gasteiger partial charge in [0.05, 0.1) is 6.54 Å². The molecule has 0 fully saturated rings. The zero-order chi connectivity index (χ0) is 20.1. The lowest BCUT2D eigenvalue weighted by molar-refractivity contribution is 0.576. The molecule has 1 N–H and O–H groups in total. The molecule has 0 aliphatic rings. The molecule has 0 aliphatic carbocycles. The van der Waals surface area contributed by atoms with Crippen molar-refractivity contribution in [1.82, 2.24) is 20.3 Å². The highest BCUT2D eigenvalue weighted by atomic mass is 35.5. The van der Waals surface area contributed by atoms with Gasteiger partial charge in [-0.25, -0.2) is 0 Å². The SMILES string of the molecule is Clc1cccc(Cl)c1Cn1nc(CNCc2ccccc2)c(-c2ccccc2)n1. The fourth-order valence-electron chi connectivity index (χ4n) is 3.14. The Morgan fingerprint density at radius 2 is 1.38 bits per heavy atom. The summed E-state index contributed by atoms with van der Waals surface area (Å²) in [4.78, 5) is 1.66. The molecule has 0 unspecified atom stereocenters. The topological polar surface area (TPSA) is 42.7 Å². The first kappa shape index (κ1) is 19.6. The van der Waals surface area contributed by atoms with Crippen LogP contribution in [0.2, 0.25) is 10.0 Å². The number of rotatable bonds is 7. The van der Waals surface area contributed by atoms with Gasteiger partial charge in [-0.05, 0) is 17.7 Å². The van der Waals surface area contributed by atoms with Crippen LogP contribution in [-0.2, 0) is 19.6 Å². The average Bonchev–Trinajstić information content (AvgIpc) is 3.15. The van der Waals surface area contributed by atoms with Crippen molar-refractivity contribution >= 4 is 23.2 Å². The average molecular weight is 423 g/mol. The van der Waals surface area contributed by atoms with Gasteiger partial charge in [-0.1, -0.05) is 89.9 Å². The highest BCUT2D eigenvalue weighted by Crippen LogP contribution is 2.26. The predicted molar refractivity (Wildman–Crippen MR) is 118 cm³/mol. The largest absolute Gasteiger partial charge is 0.307 e. The zero-order valence-electron chi connectivity index (χ0n) is 15.7. The maximum absolute atomic E-state index is 6.33. The van der Waals surface area contributed by atoms with Gasteiger partial charge >= 0.3 is 0 Å². The molecule has 0 saturated heterocycles. The van der Waals surface area contributed by atoms with Gasteiger partial charge in [-0.15, -0.1) is 0 Å². The number of nitrogens with zero attached hydrogens (tertiary/aromatic N) is 3. The van der Waals surface area contributed by atoms with Crippen molar-refractivity contribution < 1.29 is 0 Å². The number of aromatic nitrogens is 3. The molecular formula is C23H20Cl2N4. The zero-order valence-corrected chi connectivity index (χ0v) is 17.2. The van der Waals surface area contributed by atoms with Crippen LogP contribution >= 0.6 is 23.2 Å². The molecule has 0 radical (unpaired) electrons. The van der Waals surface area contributed by atoms with Crippen LogP contribution in [0.3, 0.4) is 0 Å². The quantitative estimate of drug-likeness (QED) is 0.421. The lowest BCUT2D eigenvalue weighted by Crippen LogP contribution is -2.14. The van der Waals surface area contributed by atoms with Crippen LogP contribution in [0.4, 0.5) is 0 Å². The summed E-state index contributed by atoms with van der Waals surface area (Å²) in [7, 11) is 0. The molecule has 0 amide bonds. The molecule has 4 rings (SSSR count). The molecule has 0 atom stereocenters. The number of halogens is 2. The summed E-state index contributed by atoms with van der Waals surface area (Å²) in [6.45, 7) is 1.78. The lowest BCUT2D eigenvalue weighted by Gasteiger charge is -2.05. The highest BCUT2D eigenvalue weighted by Gasteiger charge is 2.15. The van der Waals surface area contributed by atoms with Gasteiger partial charge in [0, 0.05) is 34.3 Å². The van der Waals surface area contributed by atoms with E-state index >= 15 is 0 Å². The number of nitrogens with one attached hydrogen (secondary N) is 1. The third-order valence-corrected chi connectivity index (χ3v) is 5.31. The number of benzene rings is 3. The Morgan fingerprint density at radius 1 is 0.724 bits per heavy atom. The van der Waals surface area contributed by atoms with Crippen LogP contribution in [0.5, 0.6) is 0 Å². The summed E-state index contributed by atoms with van der Waals surface area (Å²) in [6, 6.07) is 25.8. The second-order valence-corrected chi connectivity index (χ2v) is 7.50. The highest BCUT2D eigenvalue weighted by molar-refractivity contribution is 6.35. The van der Waals surface area contributed by atoms with Gasteiger partial charge in [0.15, 0.2) is 0 Å². The van der Waals surface area contributed by atoms with Gasteiger partial charge in [0.25, 0.3) is 0 Å². The maximum Gasteiger partial charge on any atom is 0.117 e. The van der Waals surface area contributed by atoms with Crippen LogP contribution in [0.25, 0.3) is 11.3 Å². The Bertz CT molecular complexity index is 1060. The Balaban J connectivity index is 1.59. The first-order chi connectivity index (χ1) is 14.2. The molecular weight excluding hydrogens is 403 g/mol. The van der Waals surface area contributed by atoms with Crippen molar-refractivity contribution in [3.05, 3.63) is 106 Å². The second-order valence-electron chi connectivity index (χ2n) is 6.68. The smallest absolute Gasteiger partial charge is 0.117 e. The van der Waals surface area contributed by atoms with E-state index in [4.69, 9.17) is 33.4 Å². The van der Waals surface area contributed by atoms with Crippen LogP contribution in [0.15, 0.2) is 78.9 Å². The molecule has 0 saturated carbocycles. The number of hydrogen-bond acceptors (Lipinski definition) is 3. The molecule has 0 aliphatic heterocycles. The van der Waals surface area contributed by atoms with Crippen molar-refractivity contribution in [2.45, 2.75) is 19.6 Å². The minimum absolute atomic E-state index is 0.414. The van der Waals surface area contributed by atoms with Crippen LogP contribution < -0.4 is 5.32 Å². The third-order valence-electron chi connectivity index (χ3n) is 4.60. The summed E-state index contributed by atoms with van der Waals surface area (Å²) in [5.74, 6) is 0. The molecule has 146 valence electrons. The van der Waals surface area contributed by atoms with E-state index in [9.17, 15) is 0 Å². The minimum atomic E-state index is 0.414. The van der Waals surface area contributed by atoms with Crippen molar-refractivity contribution in [3.8, 4) is 11.3 Å². The summed E-state index contributed by atoms with van der Waals surface area (Å²) < 4.78 is 0. The monoisotopic (exact) mass is 422 g/mol. The fraction of sp³-hybridized carbons (Fsp3) is 0.130. The summed E-state index contributed by atoms with van der Waals surface area (Å²) in [5.41, 5.74) is 4.81. The van der Waals surface area contributed by atoms with Gasteiger partial charge in [0.1, 0.15) is 11.4 Å². The molecule has 1 heterocycles. The van der Waals surface area contributed by atoms with E-state index in [1.54, 1.807) is 4.80 Å². The van der Waals surface area contributed by atoms with E-state index in [1.165, 1.54) is 5.56 Å². The Labute approximate surface area is 180 Å². The van der Waals surface area contributed by atoms with Crippen molar-refractivity contribution in [3.63, 3.8) is 0 Å². The molecule has 1 aromatic heterocycles. The third kappa shape index (κ3) is 4.85. The van der Waals surface area contributed by atoms with Crippen LogP contribution in [0.1, 0.15) is 16.8 Å². The standard InChI is InChI=1S/C23H20Cl2N4/c24-20-12-7-13-21(25)19(20)16-29-27-22(15-26-14-17-8-3-1-4-9-17)23(28-29)18-10-5-2-6-11-18/h1-13,26H,14-16H2. The Hall–Kier alpha value is -2.66. The Morgan fingerprint density at radius 3 is 2.07 bits per heavy atom. The first-order valence-electron chi connectivity index (χ1n) is 9.37. The van der Waals surface area contributed by atoms with E-state index in [0.29, 0.717) is 23.1 Å². The maximum atomic E-state index is 6.33. The van der Waals surface area contributed by atoms with Gasteiger partial charge in [-0.2, -0.15) is 15.0 Å². The lowest BCUT2D eigenvalue weighted by atomic mass is 10.1. The van der Waals surface area contributed by atoms with Crippen LogP contribution in [0, 0.1) is 0 Å². The Kier molecular flexibility index (Phi) is 6.25. The van der Waals surface area contributed by atoms with Crippen molar-refractivity contribution in [1.29, 1.82) is 0 Å². The molecule has 4 aromatic rings.